The maximum atomic E-state index is 12.8. The van der Waals surface area contributed by atoms with E-state index in [9.17, 15) is 10.1 Å². The van der Waals surface area contributed by atoms with Gasteiger partial charge < -0.3 is 14.8 Å². The smallest absolute Gasteiger partial charge is 0.267 e. The van der Waals surface area contributed by atoms with E-state index in [-0.39, 0.29) is 5.57 Å². The lowest BCUT2D eigenvalue weighted by atomic mass is 10.1. The third-order valence-electron chi connectivity index (χ3n) is 4.46. The molecule has 3 rings (SSSR count). The Hall–Kier alpha value is -4.05. The van der Waals surface area contributed by atoms with Gasteiger partial charge in [-0.1, -0.05) is 17.7 Å². The molecular weight excluding hydrogens is 380 g/mol. The molecule has 1 amide bonds. The van der Waals surface area contributed by atoms with E-state index in [0.717, 1.165) is 16.9 Å². The van der Waals surface area contributed by atoms with Gasteiger partial charge >= 0.3 is 0 Å². The number of rotatable bonds is 6. The number of anilines is 1. The summed E-state index contributed by atoms with van der Waals surface area (Å²) in [6.45, 7) is 3.84. The molecule has 0 bridgehead atoms. The van der Waals surface area contributed by atoms with Crippen LogP contribution in [0.2, 0.25) is 0 Å². The van der Waals surface area contributed by atoms with Crippen molar-refractivity contribution < 1.29 is 14.3 Å². The average Bonchev–Trinajstić information content (AvgIpc) is 3.12. The van der Waals surface area contributed by atoms with Gasteiger partial charge in [-0.15, -0.1) is 0 Å². The fourth-order valence-electron chi connectivity index (χ4n) is 2.90. The summed E-state index contributed by atoms with van der Waals surface area (Å²) in [4.78, 5) is 12.8. The first-order chi connectivity index (χ1) is 14.4. The van der Waals surface area contributed by atoms with Crippen molar-refractivity contribution in [3.05, 3.63) is 70.9 Å². The molecule has 0 saturated carbocycles. The van der Waals surface area contributed by atoms with E-state index in [2.05, 4.69) is 10.4 Å². The van der Waals surface area contributed by atoms with Gasteiger partial charge in [0.15, 0.2) is 0 Å². The Morgan fingerprint density at radius 1 is 1.10 bits per heavy atom. The summed E-state index contributed by atoms with van der Waals surface area (Å²) in [6, 6.07) is 16.6. The van der Waals surface area contributed by atoms with E-state index in [1.807, 2.05) is 44.2 Å². The number of ether oxygens (including phenoxy) is 2. The number of benzene rings is 2. The second-order valence-corrected chi connectivity index (χ2v) is 6.65. The molecule has 7 heteroatoms. The predicted octanol–water partition coefficient (Wildman–Crippen LogP) is 4.05. The lowest BCUT2D eigenvalue weighted by Gasteiger charge is -2.10. The minimum absolute atomic E-state index is 0.0622. The maximum absolute atomic E-state index is 12.8. The van der Waals surface area contributed by atoms with Gasteiger partial charge in [0.05, 0.1) is 25.6 Å². The van der Waals surface area contributed by atoms with Crippen LogP contribution in [0, 0.1) is 25.2 Å². The molecule has 0 aliphatic carbocycles. The normalized spacial score (nSPS) is 11.0. The summed E-state index contributed by atoms with van der Waals surface area (Å²) in [7, 11) is 3.07. The van der Waals surface area contributed by atoms with Crippen LogP contribution in [0.5, 0.6) is 11.5 Å². The average molecular weight is 402 g/mol. The third kappa shape index (κ3) is 4.50. The lowest BCUT2D eigenvalue weighted by Crippen LogP contribution is -2.16. The first kappa shape index (κ1) is 20.7. The van der Waals surface area contributed by atoms with Crippen LogP contribution in [-0.4, -0.2) is 29.9 Å². The van der Waals surface area contributed by atoms with Gasteiger partial charge in [0.1, 0.15) is 29.0 Å². The molecule has 1 N–H and O–H groups in total. The number of nitriles is 1. The molecule has 1 heterocycles. The van der Waals surface area contributed by atoms with Gasteiger partial charge in [-0.25, -0.2) is 4.68 Å². The number of carbonyl (C=O) groups excluding carboxylic acids is 1. The largest absolute Gasteiger partial charge is 0.497 e. The number of methoxy groups -OCH3 is 2. The molecule has 0 saturated heterocycles. The fraction of sp³-hybridized carbons (Fsp3) is 0.174. The first-order valence-electron chi connectivity index (χ1n) is 9.24. The molecule has 0 spiro atoms. The number of hydrogen-bond acceptors (Lipinski definition) is 5. The zero-order chi connectivity index (χ0) is 21.7. The number of aromatic nitrogens is 2. The third-order valence-corrected chi connectivity index (χ3v) is 4.46. The number of carbonyl (C=O) groups is 1. The topological polar surface area (TPSA) is 89.2 Å². The quantitative estimate of drug-likeness (QED) is 0.496. The van der Waals surface area contributed by atoms with Crippen LogP contribution in [-0.2, 0) is 4.79 Å². The molecule has 0 fully saturated rings. The van der Waals surface area contributed by atoms with Gasteiger partial charge in [0, 0.05) is 17.7 Å². The maximum Gasteiger partial charge on any atom is 0.267 e. The van der Waals surface area contributed by atoms with Gasteiger partial charge in [-0.3, -0.25) is 4.79 Å². The van der Waals surface area contributed by atoms with Crippen molar-refractivity contribution >= 4 is 17.8 Å². The summed E-state index contributed by atoms with van der Waals surface area (Å²) in [5.41, 5.74) is 3.20. The SMILES string of the molecule is COc1ccc(/C=C(\C#N)C(=O)Nc2cc(C)nn2-c2ccc(C)cc2)c(OC)c1. The van der Waals surface area contributed by atoms with E-state index in [1.165, 1.54) is 13.2 Å². The van der Waals surface area contributed by atoms with Crippen molar-refractivity contribution in [3.63, 3.8) is 0 Å². The van der Waals surface area contributed by atoms with Crippen molar-refractivity contribution in [2.45, 2.75) is 13.8 Å². The minimum Gasteiger partial charge on any atom is -0.497 e. The molecule has 3 aromatic rings. The fourth-order valence-corrected chi connectivity index (χ4v) is 2.90. The van der Waals surface area contributed by atoms with Crippen LogP contribution >= 0.6 is 0 Å². The summed E-state index contributed by atoms with van der Waals surface area (Å²) >= 11 is 0. The van der Waals surface area contributed by atoms with E-state index < -0.39 is 5.91 Å². The Balaban J connectivity index is 1.91. The Morgan fingerprint density at radius 3 is 2.47 bits per heavy atom. The lowest BCUT2D eigenvalue weighted by molar-refractivity contribution is -0.112. The van der Waals surface area contributed by atoms with Crippen LogP contribution in [0.25, 0.3) is 11.8 Å². The monoisotopic (exact) mass is 402 g/mol. The van der Waals surface area contributed by atoms with Gasteiger partial charge in [-0.05, 0) is 44.2 Å². The standard InChI is InChI=1S/C23H22N4O3/c1-15-5-8-19(9-6-15)27-22(11-16(2)26-27)25-23(28)18(14-24)12-17-7-10-20(29-3)13-21(17)30-4/h5-13H,1-4H3,(H,25,28)/b18-12+. The number of aryl methyl sites for hydroxylation is 2. The molecule has 30 heavy (non-hydrogen) atoms. The second kappa shape index (κ2) is 8.97. The van der Waals surface area contributed by atoms with Crippen molar-refractivity contribution in [2.24, 2.45) is 0 Å². The highest BCUT2D eigenvalue weighted by atomic mass is 16.5. The van der Waals surface area contributed by atoms with Crippen molar-refractivity contribution in [1.29, 1.82) is 5.26 Å². The van der Waals surface area contributed by atoms with Crippen molar-refractivity contribution in [2.75, 3.05) is 19.5 Å². The molecule has 152 valence electrons. The number of hydrogen-bond donors (Lipinski definition) is 1. The summed E-state index contributed by atoms with van der Waals surface area (Å²) < 4.78 is 12.2. The van der Waals surface area contributed by atoms with E-state index >= 15 is 0 Å². The van der Waals surface area contributed by atoms with E-state index in [0.29, 0.717) is 22.9 Å². The number of amides is 1. The highest BCUT2D eigenvalue weighted by Gasteiger charge is 2.15. The van der Waals surface area contributed by atoms with Gasteiger partial charge in [0.2, 0.25) is 0 Å². The second-order valence-electron chi connectivity index (χ2n) is 6.65. The molecule has 0 atom stereocenters. The van der Waals surface area contributed by atoms with Gasteiger partial charge in [0.25, 0.3) is 5.91 Å². The Kier molecular flexibility index (Phi) is 6.18. The molecule has 0 aliphatic rings. The van der Waals surface area contributed by atoms with E-state index in [4.69, 9.17) is 9.47 Å². The molecule has 1 aromatic heterocycles. The van der Waals surface area contributed by atoms with Crippen LogP contribution in [0.1, 0.15) is 16.8 Å². The zero-order valence-electron chi connectivity index (χ0n) is 17.3. The molecule has 0 radical (unpaired) electrons. The Morgan fingerprint density at radius 2 is 1.83 bits per heavy atom. The number of nitrogens with zero attached hydrogens (tertiary/aromatic N) is 3. The molecule has 2 aromatic carbocycles. The summed E-state index contributed by atoms with van der Waals surface area (Å²) in [5, 5.41) is 16.8. The molecular formula is C23H22N4O3. The zero-order valence-corrected chi connectivity index (χ0v) is 17.3. The molecule has 0 unspecified atom stereocenters. The predicted molar refractivity (Wildman–Crippen MR) is 115 cm³/mol. The molecule has 0 aliphatic heterocycles. The Labute approximate surface area is 175 Å². The van der Waals surface area contributed by atoms with Crippen molar-refractivity contribution in [1.82, 2.24) is 9.78 Å². The van der Waals surface area contributed by atoms with Crippen molar-refractivity contribution in [3.8, 4) is 23.3 Å². The van der Waals surface area contributed by atoms with Crippen LogP contribution in [0.3, 0.4) is 0 Å². The van der Waals surface area contributed by atoms with Crippen LogP contribution in [0.15, 0.2) is 54.1 Å². The minimum atomic E-state index is -0.538. The van der Waals surface area contributed by atoms with Crippen LogP contribution < -0.4 is 14.8 Å². The summed E-state index contributed by atoms with van der Waals surface area (Å²) in [6.07, 6.45) is 1.48. The molecule has 7 nitrogen and oxygen atoms in total. The highest BCUT2D eigenvalue weighted by molar-refractivity contribution is 6.09. The van der Waals surface area contributed by atoms with Gasteiger partial charge in [-0.2, -0.15) is 10.4 Å². The first-order valence-corrected chi connectivity index (χ1v) is 9.24. The summed E-state index contributed by atoms with van der Waals surface area (Å²) in [5.74, 6) is 1.05. The van der Waals surface area contributed by atoms with E-state index in [1.54, 1.807) is 36.1 Å². The highest BCUT2D eigenvalue weighted by Crippen LogP contribution is 2.27. The number of nitrogens with one attached hydrogen (secondary N) is 1. The van der Waals surface area contributed by atoms with Crippen LogP contribution in [0.4, 0.5) is 5.82 Å². The Bertz CT molecular complexity index is 1140.